The van der Waals surface area contributed by atoms with Gasteiger partial charge in [0, 0.05) is 54.3 Å². The van der Waals surface area contributed by atoms with Gasteiger partial charge < -0.3 is 9.80 Å². The SMILES string of the molecule is c1ccc(N(c2ccccc2)c2ccc(-c3cccc(N(c4ccccc4)c4ccc5sc6ccccc6c5c4)c3)cc2)cc1. The average Bonchev–Trinajstić information content (AvgIpc) is 3.49. The minimum Gasteiger partial charge on any atom is -0.311 e. The summed E-state index contributed by atoms with van der Waals surface area (Å²) in [7, 11) is 0. The third kappa shape index (κ3) is 5.24. The number of anilines is 6. The molecule has 0 bridgehead atoms. The summed E-state index contributed by atoms with van der Waals surface area (Å²) in [6, 6.07) is 65.0. The van der Waals surface area contributed by atoms with Crippen LogP contribution < -0.4 is 9.80 Å². The van der Waals surface area contributed by atoms with Crippen LogP contribution in [0.1, 0.15) is 0 Å². The van der Waals surface area contributed by atoms with Crippen molar-refractivity contribution in [1.29, 1.82) is 0 Å². The third-order valence-corrected chi connectivity index (χ3v) is 9.38. The molecular weight excluding hydrogens is 565 g/mol. The van der Waals surface area contributed by atoms with Crippen LogP contribution in [-0.2, 0) is 0 Å². The first kappa shape index (κ1) is 26.9. The number of nitrogens with zero attached hydrogens (tertiary/aromatic N) is 2. The molecule has 0 unspecified atom stereocenters. The Morgan fingerprint density at radius 1 is 0.289 bits per heavy atom. The van der Waals surface area contributed by atoms with E-state index in [1.165, 1.54) is 31.3 Å². The van der Waals surface area contributed by atoms with Gasteiger partial charge in [0.1, 0.15) is 0 Å². The second-order valence-electron chi connectivity index (χ2n) is 11.1. The van der Waals surface area contributed by atoms with Crippen LogP contribution >= 0.6 is 11.3 Å². The molecule has 3 heteroatoms. The van der Waals surface area contributed by atoms with Gasteiger partial charge in [-0.1, -0.05) is 97.1 Å². The first-order valence-corrected chi connectivity index (χ1v) is 16.0. The molecule has 1 aromatic heterocycles. The van der Waals surface area contributed by atoms with Gasteiger partial charge in [0.15, 0.2) is 0 Å². The quantitative estimate of drug-likeness (QED) is 0.181. The van der Waals surface area contributed by atoms with Gasteiger partial charge in [0.2, 0.25) is 0 Å². The van der Waals surface area contributed by atoms with Gasteiger partial charge in [-0.3, -0.25) is 0 Å². The van der Waals surface area contributed by atoms with E-state index < -0.39 is 0 Å². The molecular formula is C42H30N2S. The smallest absolute Gasteiger partial charge is 0.0468 e. The van der Waals surface area contributed by atoms with E-state index in [1.54, 1.807) is 0 Å². The lowest BCUT2D eigenvalue weighted by atomic mass is 10.0. The summed E-state index contributed by atoms with van der Waals surface area (Å²) in [5.41, 5.74) is 9.13. The number of hydrogen-bond donors (Lipinski definition) is 0. The Morgan fingerprint density at radius 2 is 0.756 bits per heavy atom. The summed E-state index contributed by atoms with van der Waals surface area (Å²) < 4.78 is 2.63. The zero-order chi connectivity index (χ0) is 30.0. The predicted molar refractivity (Wildman–Crippen MR) is 194 cm³/mol. The molecule has 0 spiro atoms. The van der Waals surface area contributed by atoms with Crippen molar-refractivity contribution in [2.75, 3.05) is 9.80 Å². The molecule has 1 heterocycles. The number of thiophene rings is 1. The van der Waals surface area contributed by atoms with Crippen molar-refractivity contribution in [2.45, 2.75) is 0 Å². The minimum absolute atomic E-state index is 1.12. The molecule has 8 aromatic rings. The van der Waals surface area contributed by atoms with Crippen molar-refractivity contribution in [3.8, 4) is 11.1 Å². The van der Waals surface area contributed by atoms with Gasteiger partial charge in [-0.2, -0.15) is 0 Å². The first-order valence-electron chi connectivity index (χ1n) is 15.2. The maximum Gasteiger partial charge on any atom is 0.0468 e. The van der Waals surface area contributed by atoms with E-state index in [2.05, 4.69) is 192 Å². The number of hydrogen-bond acceptors (Lipinski definition) is 3. The van der Waals surface area contributed by atoms with Crippen LogP contribution in [0.15, 0.2) is 182 Å². The fraction of sp³-hybridized carbons (Fsp3) is 0. The average molecular weight is 595 g/mol. The fourth-order valence-electron chi connectivity index (χ4n) is 6.11. The zero-order valence-electron chi connectivity index (χ0n) is 24.6. The summed E-state index contributed by atoms with van der Waals surface area (Å²) in [5.74, 6) is 0. The molecule has 2 nitrogen and oxygen atoms in total. The van der Waals surface area contributed by atoms with Gasteiger partial charge in [-0.05, 0) is 96.1 Å². The number of benzene rings is 7. The number of rotatable bonds is 7. The molecule has 0 saturated carbocycles. The van der Waals surface area contributed by atoms with Crippen molar-refractivity contribution in [1.82, 2.24) is 0 Å². The fourth-order valence-corrected chi connectivity index (χ4v) is 7.19. The Bertz CT molecular complexity index is 2170. The molecule has 7 aromatic carbocycles. The van der Waals surface area contributed by atoms with Gasteiger partial charge in [-0.15, -0.1) is 11.3 Å². The summed E-state index contributed by atoms with van der Waals surface area (Å²) in [4.78, 5) is 4.65. The largest absolute Gasteiger partial charge is 0.311 e. The lowest BCUT2D eigenvalue weighted by Crippen LogP contribution is -2.10. The summed E-state index contributed by atoms with van der Waals surface area (Å²) in [6.07, 6.45) is 0. The van der Waals surface area contributed by atoms with Crippen molar-refractivity contribution in [2.24, 2.45) is 0 Å². The van der Waals surface area contributed by atoms with Crippen LogP contribution in [-0.4, -0.2) is 0 Å². The lowest BCUT2D eigenvalue weighted by Gasteiger charge is -2.26. The number of para-hydroxylation sites is 3. The van der Waals surface area contributed by atoms with E-state index in [-0.39, 0.29) is 0 Å². The van der Waals surface area contributed by atoms with Crippen LogP contribution in [0.5, 0.6) is 0 Å². The monoisotopic (exact) mass is 594 g/mol. The molecule has 0 N–H and O–H groups in total. The molecule has 8 rings (SSSR count). The van der Waals surface area contributed by atoms with Gasteiger partial charge in [-0.25, -0.2) is 0 Å². The van der Waals surface area contributed by atoms with E-state index in [4.69, 9.17) is 0 Å². The Morgan fingerprint density at radius 3 is 1.40 bits per heavy atom. The van der Waals surface area contributed by atoms with Gasteiger partial charge >= 0.3 is 0 Å². The van der Waals surface area contributed by atoms with Crippen molar-refractivity contribution in [3.05, 3.63) is 182 Å². The maximum atomic E-state index is 2.36. The van der Waals surface area contributed by atoms with Crippen molar-refractivity contribution >= 4 is 65.6 Å². The highest BCUT2D eigenvalue weighted by Gasteiger charge is 2.16. The van der Waals surface area contributed by atoms with Crippen LogP contribution in [0, 0.1) is 0 Å². The predicted octanol–water partition coefficient (Wildman–Crippen LogP) is 12.7. The third-order valence-electron chi connectivity index (χ3n) is 8.22. The first-order chi connectivity index (χ1) is 22.3. The van der Waals surface area contributed by atoms with Crippen LogP contribution in [0.2, 0.25) is 0 Å². The molecule has 0 radical (unpaired) electrons. The van der Waals surface area contributed by atoms with E-state index in [0.29, 0.717) is 0 Å². The van der Waals surface area contributed by atoms with E-state index in [9.17, 15) is 0 Å². The van der Waals surface area contributed by atoms with E-state index >= 15 is 0 Å². The Labute approximate surface area is 267 Å². The molecule has 0 fully saturated rings. The number of fused-ring (bicyclic) bond motifs is 3. The standard InChI is InChI=1S/C42H30N2S/c1-4-14-33(15-5-1)43(34-16-6-2-7-17-34)36-25-23-31(24-26-36)32-13-12-20-37(29-32)44(35-18-8-3-9-19-35)38-27-28-42-40(30-38)39-21-10-11-22-41(39)45-42/h1-30H. The zero-order valence-corrected chi connectivity index (χ0v) is 25.4. The van der Waals surface area contributed by atoms with Gasteiger partial charge in [0.05, 0.1) is 0 Å². The second kappa shape index (κ2) is 11.8. The molecule has 0 amide bonds. The molecule has 45 heavy (non-hydrogen) atoms. The molecule has 0 aliphatic rings. The van der Waals surface area contributed by atoms with E-state index in [0.717, 1.165) is 34.1 Å². The highest BCUT2D eigenvalue weighted by Crippen LogP contribution is 2.41. The lowest BCUT2D eigenvalue weighted by molar-refractivity contribution is 1.28. The highest BCUT2D eigenvalue weighted by molar-refractivity contribution is 7.25. The molecule has 214 valence electrons. The molecule has 0 aliphatic carbocycles. The summed E-state index contributed by atoms with van der Waals surface area (Å²) in [5, 5.41) is 2.60. The highest BCUT2D eigenvalue weighted by atomic mass is 32.1. The molecule has 0 atom stereocenters. The van der Waals surface area contributed by atoms with Crippen molar-refractivity contribution in [3.63, 3.8) is 0 Å². The van der Waals surface area contributed by atoms with Crippen LogP contribution in [0.25, 0.3) is 31.3 Å². The Hall–Kier alpha value is -5.64. The van der Waals surface area contributed by atoms with Crippen LogP contribution in [0.3, 0.4) is 0 Å². The normalized spacial score (nSPS) is 11.1. The minimum atomic E-state index is 1.12. The van der Waals surface area contributed by atoms with Crippen LogP contribution in [0.4, 0.5) is 34.1 Å². The summed E-state index contributed by atoms with van der Waals surface area (Å²) >= 11 is 1.85. The molecule has 0 aliphatic heterocycles. The topological polar surface area (TPSA) is 6.48 Å². The van der Waals surface area contributed by atoms with E-state index in [1.807, 2.05) is 11.3 Å². The summed E-state index contributed by atoms with van der Waals surface area (Å²) in [6.45, 7) is 0. The molecule has 0 saturated heterocycles. The Kier molecular flexibility index (Phi) is 7.07. The van der Waals surface area contributed by atoms with Crippen molar-refractivity contribution < 1.29 is 0 Å². The maximum absolute atomic E-state index is 2.36. The Balaban J connectivity index is 1.19. The second-order valence-corrected chi connectivity index (χ2v) is 12.1. The van der Waals surface area contributed by atoms with Gasteiger partial charge in [0.25, 0.3) is 0 Å².